The van der Waals surface area contributed by atoms with Crippen LogP contribution in [0.25, 0.3) is 0 Å². The van der Waals surface area contributed by atoms with Gasteiger partial charge in [-0.05, 0) is 23.5 Å². The van der Waals surface area contributed by atoms with Crippen molar-refractivity contribution < 1.29 is 9.59 Å². The molecule has 0 fully saturated rings. The van der Waals surface area contributed by atoms with Crippen LogP contribution < -0.4 is 16.8 Å². The lowest BCUT2D eigenvalue weighted by Crippen LogP contribution is -2.52. The topological polar surface area (TPSA) is 98.2 Å². The molecule has 0 heterocycles. The van der Waals surface area contributed by atoms with Crippen molar-refractivity contribution in [2.24, 2.45) is 11.1 Å². The first kappa shape index (κ1) is 16.0. The Morgan fingerprint density at radius 3 is 2.35 bits per heavy atom. The number of para-hydroxylation sites is 1. The highest BCUT2D eigenvalue weighted by Gasteiger charge is 2.30. The summed E-state index contributed by atoms with van der Waals surface area (Å²) < 4.78 is 0. The molecule has 1 unspecified atom stereocenters. The number of carbonyl (C=O) groups excluding carboxylic acids is 2. The first-order valence-corrected chi connectivity index (χ1v) is 6.64. The molecule has 0 bridgehead atoms. The van der Waals surface area contributed by atoms with Crippen LogP contribution in [-0.4, -0.2) is 17.9 Å². The summed E-state index contributed by atoms with van der Waals surface area (Å²) in [6, 6.07) is 6.74. The van der Waals surface area contributed by atoms with Crippen molar-refractivity contribution in [3.8, 4) is 0 Å². The van der Waals surface area contributed by atoms with E-state index in [1.54, 1.807) is 6.07 Å². The minimum absolute atomic E-state index is 0.202. The maximum absolute atomic E-state index is 11.9. The summed E-state index contributed by atoms with van der Waals surface area (Å²) in [5.74, 6) is -0.725. The Hall–Kier alpha value is -2.04. The highest BCUT2D eigenvalue weighted by atomic mass is 16.2. The van der Waals surface area contributed by atoms with E-state index < -0.39 is 17.4 Å². The average molecular weight is 277 g/mol. The number of rotatable bonds is 5. The van der Waals surface area contributed by atoms with E-state index in [1.807, 2.05) is 39.0 Å². The normalized spacial score (nSPS) is 12.8. The number of hydrogen-bond donors (Lipinski definition) is 3. The van der Waals surface area contributed by atoms with Gasteiger partial charge in [0.25, 0.3) is 0 Å². The monoisotopic (exact) mass is 277 g/mol. The lowest BCUT2D eigenvalue weighted by molar-refractivity contribution is -0.129. The fraction of sp³-hybridized carbons (Fsp3) is 0.467. The molecule has 0 spiro atoms. The van der Waals surface area contributed by atoms with Gasteiger partial charge in [-0.1, -0.05) is 39.0 Å². The Morgan fingerprint density at radius 2 is 1.85 bits per heavy atom. The van der Waals surface area contributed by atoms with Crippen LogP contribution in [0.4, 0.5) is 5.69 Å². The minimum Gasteiger partial charge on any atom is -0.399 e. The molecule has 5 heteroatoms. The predicted molar refractivity (Wildman–Crippen MR) is 79.8 cm³/mol. The fourth-order valence-corrected chi connectivity index (χ4v) is 1.96. The van der Waals surface area contributed by atoms with E-state index in [0.29, 0.717) is 12.1 Å². The van der Waals surface area contributed by atoms with E-state index in [-0.39, 0.29) is 12.3 Å². The van der Waals surface area contributed by atoms with Crippen LogP contribution in [0, 0.1) is 5.41 Å². The minimum atomic E-state index is -0.678. The molecule has 0 aliphatic rings. The molecule has 0 aromatic heterocycles. The average Bonchev–Trinajstić information content (AvgIpc) is 2.33. The number of amides is 2. The van der Waals surface area contributed by atoms with Gasteiger partial charge in [0.2, 0.25) is 11.8 Å². The molecule has 0 radical (unpaired) electrons. The van der Waals surface area contributed by atoms with Crippen molar-refractivity contribution in [3.63, 3.8) is 0 Å². The van der Waals surface area contributed by atoms with Crippen molar-refractivity contribution in [1.29, 1.82) is 0 Å². The number of benzene rings is 1. The third kappa shape index (κ3) is 4.57. The molecule has 1 aromatic rings. The number of anilines is 1. The number of nitrogens with two attached hydrogens (primary N) is 2. The number of nitrogens with one attached hydrogen (secondary N) is 1. The van der Waals surface area contributed by atoms with Gasteiger partial charge in [0.05, 0.1) is 0 Å². The van der Waals surface area contributed by atoms with E-state index in [2.05, 4.69) is 5.32 Å². The van der Waals surface area contributed by atoms with Gasteiger partial charge in [0.1, 0.15) is 6.04 Å². The molecule has 0 saturated carbocycles. The quantitative estimate of drug-likeness (QED) is 0.706. The molecule has 2 amide bonds. The van der Waals surface area contributed by atoms with E-state index in [1.165, 1.54) is 0 Å². The summed E-state index contributed by atoms with van der Waals surface area (Å²) in [5, 5.41) is 2.69. The molecule has 0 aliphatic heterocycles. The van der Waals surface area contributed by atoms with Crippen LogP contribution in [0.3, 0.4) is 0 Å². The zero-order chi connectivity index (χ0) is 15.3. The first-order chi connectivity index (χ1) is 9.21. The summed E-state index contributed by atoms with van der Waals surface area (Å²) in [5.41, 5.74) is 12.3. The summed E-state index contributed by atoms with van der Waals surface area (Å²) >= 11 is 0. The molecule has 0 aliphatic carbocycles. The highest BCUT2D eigenvalue weighted by molar-refractivity contribution is 5.87. The lowest BCUT2D eigenvalue weighted by Gasteiger charge is -2.28. The molecule has 110 valence electrons. The van der Waals surface area contributed by atoms with Gasteiger partial charge < -0.3 is 16.8 Å². The number of carbonyl (C=O) groups is 2. The molecule has 5 nitrogen and oxygen atoms in total. The maximum atomic E-state index is 11.9. The van der Waals surface area contributed by atoms with E-state index in [9.17, 15) is 9.59 Å². The standard InChI is InChI=1S/C15H23N3O2/c1-15(2,3)13(14(17)20)18-12(19)9-8-10-6-4-5-7-11(10)16/h4-7,13H,8-9,16H2,1-3H3,(H2,17,20)(H,18,19). The first-order valence-electron chi connectivity index (χ1n) is 6.64. The van der Waals surface area contributed by atoms with Gasteiger partial charge in [-0.25, -0.2) is 0 Å². The van der Waals surface area contributed by atoms with Gasteiger partial charge in [-0.2, -0.15) is 0 Å². The molecule has 1 rings (SSSR count). The van der Waals surface area contributed by atoms with Crippen LogP contribution >= 0.6 is 0 Å². The summed E-state index contributed by atoms with van der Waals surface area (Å²) in [6.45, 7) is 5.58. The van der Waals surface area contributed by atoms with Crippen molar-refractivity contribution in [1.82, 2.24) is 5.32 Å². The Bertz CT molecular complexity index is 492. The molecule has 5 N–H and O–H groups in total. The molecule has 20 heavy (non-hydrogen) atoms. The highest BCUT2D eigenvalue weighted by Crippen LogP contribution is 2.19. The largest absolute Gasteiger partial charge is 0.399 e. The SMILES string of the molecule is CC(C)(C)C(NC(=O)CCc1ccccc1N)C(N)=O. The molecule has 1 atom stereocenters. The number of nitrogen functional groups attached to an aromatic ring is 1. The zero-order valence-electron chi connectivity index (χ0n) is 12.3. The number of primary amides is 1. The van der Waals surface area contributed by atoms with E-state index >= 15 is 0 Å². The summed E-state index contributed by atoms with van der Waals surface area (Å²) in [7, 11) is 0. The van der Waals surface area contributed by atoms with Crippen LogP contribution in [0.5, 0.6) is 0 Å². The Balaban J connectivity index is 2.60. The number of hydrogen-bond acceptors (Lipinski definition) is 3. The van der Waals surface area contributed by atoms with Gasteiger partial charge in [-0.15, -0.1) is 0 Å². The van der Waals surface area contributed by atoms with Crippen molar-refractivity contribution >= 4 is 17.5 Å². The van der Waals surface area contributed by atoms with Crippen molar-refractivity contribution in [2.45, 2.75) is 39.7 Å². The third-order valence-electron chi connectivity index (χ3n) is 3.13. The molecule has 0 saturated heterocycles. The fourth-order valence-electron chi connectivity index (χ4n) is 1.96. The Labute approximate surface area is 119 Å². The van der Waals surface area contributed by atoms with Crippen molar-refractivity contribution in [3.05, 3.63) is 29.8 Å². The number of aryl methyl sites for hydroxylation is 1. The van der Waals surface area contributed by atoms with Crippen LogP contribution in [0.2, 0.25) is 0 Å². The van der Waals surface area contributed by atoms with Crippen LogP contribution in [-0.2, 0) is 16.0 Å². The Kier molecular flexibility index (Phi) is 5.13. The second-order valence-corrected chi connectivity index (χ2v) is 5.97. The lowest BCUT2D eigenvalue weighted by atomic mass is 9.86. The van der Waals surface area contributed by atoms with E-state index in [4.69, 9.17) is 11.5 Å². The van der Waals surface area contributed by atoms with Crippen LogP contribution in [0.1, 0.15) is 32.8 Å². The molecular weight excluding hydrogens is 254 g/mol. The third-order valence-corrected chi connectivity index (χ3v) is 3.13. The van der Waals surface area contributed by atoms with Crippen LogP contribution in [0.15, 0.2) is 24.3 Å². The smallest absolute Gasteiger partial charge is 0.240 e. The van der Waals surface area contributed by atoms with Gasteiger partial charge in [0.15, 0.2) is 0 Å². The van der Waals surface area contributed by atoms with Gasteiger partial charge >= 0.3 is 0 Å². The second kappa shape index (κ2) is 6.41. The van der Waals surface area contributed by atoms with E-state index in [0.717, 1.165) is 5.56 Å². The summed E-state index contributed by atoms with van der Waals surface area (Å²) in [6.07, 6.45) is 0.808. The van der Waals surface area contributed by atoms with Crippen molar-refractivity contribution in [2.75, 3.05) is 5.73 Å². The van der Waals surface area contributed by atoms with Gasteiger partial charge in [0, 0.05) is 12.1 Å². The summed E-state index contributed by atoms with van der Waals surface area (Å²) in [4.78, 5) is 23.3. The van der Waals surface area contributed by atoms with Gasteiger partial charge in [-0.3, -0.25) is 9.59 Å². The second-order valence-electron chi connectivity index (χ2n) is 5.97. The molecular formula is C15H23N3O2. The zero-order valence-corrected chi connectivity index (χ0v) is 12.3. The molecule has 1 aromatic carbocycles. The predicted octanol–water partition coefficient (Wildman–Crippen LogP) is 1.22. The Morgan fingerprint density at radius 1 is 1.25 bits per heavy atom. The maximum Gasteiger partial charge on any atom is 0.240 e.